The minimum absolute atomic E-state index is 0.0968. The van der Waals surface area contributed by atoms with Gasteiger partial charge < -0.3 is 37.9 Å². The number of methoxy groups -OCH3 is 3. The molecule has 1 saturated heterocycles. The lowest BCUT2D eigenvalue weighted by molar-refractivity contribution is -0.176. The van der Waals surface area contributed by atoms with E-state index in [1.807, 2.05) is 30.3 Å². The Morgan fingerprint density at radius 1 is 0.574 bits per heavy atom. The SMILES string of the molecule is COc1ccc(C(=O)OCC2OC(OCc3ccccc3)C(OC(=O)c3ccc(OC)cc3)C2OC(=O)c2ccc(OC)cc2)cc1. The second kappa shape index (κ2) is 15.7. The van der Waals surface area contributed by atoms with E-state index in [-0.39, 0.29) is 29.9 Å². The zero-order valence-corrected chi connectivity index (χ0v) is 26.0. The van der Waals surface area contributed by atoms with Gasteiger partial charge in [-0.3, -0.25) is 0 Å². The summed E-state index contributed by atoms with van der Waals surface area (Å²) in [5, 5.41) is 0. The molecule has 1 fully saturated rings. The number of carbonyl (C=O) groups is 3. The molecule has 4 atom stereocenters. The minimum atomic E-state index is -1.24. The highest BCUT2D eigenvalue weighted by molar-refractivity contribution is 5.91. The van der Waals surface area contributed by atoms with Gasteiger partial charge in [-0.2, -0.15) is 0 Å². The molecule has 4 aromatic rings. The molecule has 0 N–H and O–H groups in total. The van der Waals surface area contributed by atoms with E-state index in [9.17, 15) is 14.4 Å². The molecule has 0 amide bonds. The van der Waals surface area contributed by atoms with Gasteiger partial charge in [0.05, 0.1) is 44.6 Å². The molecule has 1 aliphatic heterocycles. The monoisotopic (exact) mass is 642 g/mol. The molecular formula is C36H34O11. The first-order valence-corrected chi connectivity index (χ1v) is 14.7. The molecule has 0 radical (unpaired) electrons. The van der Waals surface area contributed by atoms with Crippen LogP contribution in [-0.2, 0) is 30.3 Å². The standard InChI is InChI=1S/C36H34O11/c1-40-27-15-9-24(10-16-27)33(37)43-22-30-31(46-34(38)25-11-17-28(41-2)18-12-25)32(36(45-30)44-21-23-7-5-4-6-8-23)47-35(39)26-13-19-29(42-3)20-14-26/h4-20,30-32,36H,21-22H2,1-3H3. The van der Waals surface area contributed by atoms with Gasteiger partial charge in [-0.25, -0.2) is 14.4 Å². The van der Waals surface area contributed by atoms with Crippen molar-refractivity contribution in [2.24, 2.45) is 0 Å². The first kappa shape index (κ1) is 33.0. The fourth-order valence-electron chi connectivity index (χ4n) is 4.79. The van der Waals surface area contributed by atoms with E-state index in [0.29, 0.717) is 17.2 Å². The second-order valence-electron chi connectivity index (χ2n) is 10.4. The highest BCUT2D eigenvalue weighted by atomic mass is 16.7. The summed E-state index contributed by atoms with van der Waals surface area (Å²) in [4.78, 5) is 39.7. The van der Waals surface area contributed by atoms with Crippen LogP contribution >= 0.6 is 0 Å². The smallest absolute Gasteiger partial charge is 0.338 e. The fourth-order valence-corrected chi connectivity index (χ4v) is 4.79. The zero-order valence-electron chi connectivity index (χ0n) is 26.0. The predicted octanol–water partition coefficient (Wildman–Crippen LogP) is 5.26. The zero-order chi connectivity index (χ0) is 33.2. The Morgan fingerprint density at radius 2 is 1.02 bits per heavy atom. The third-order valence-electron chi connectivity index (χ3n) is 7.37. The maximum atomic E-state index is 13.4. The van der Waals surface area contributed by atoms with Crippen LogP contribution in [0.25, 0.3) is 0 Å². The van der Waals surface area contributed by atoms with Gasteiger partial charge in [0.1, 0.15) is 30.0 Å². The third-order valence-corrected chi connectivity index (χ3v) is 7.37. The molecule has 4 aromatic carbocycles. The van der Waals surface area contributed by atoms with Crippen LogP contribution in [0.1, 0.15) is 36.6 Å². The minimum Gasteiger partial charge on any atom is -0.497 e. The van der Waals surface area contributed by atoms with Crippen molar-refractivity contribution in [2.75, 3.05) is 27.9 Å². The van der Waals surface area contributed by atoms with Gasteiger partial charge >= 0.3 is 17.9 Å². The molecule has 4 unspecified atom stereocenters. The molecule has 47 heavy (non-hydrogen) atoms. The van der Waals surface area contributed by atoms with Crippen molar-refractivity contribution in [1.29, 1.82) is 0 Å². The first-order chi connectivity index (χ1) is 22.9. The van der Waals surface area contributed by atoms with Crippen molar-refractivity contribution >= 4 is 17.9 Å². The van der Waals surface area contributed by atoms with E-state index in [2.05, 4.69) is 0 Å². The van der Waals surface area contributed by atoms with Crippen LogP contribution in [-0.4, -0.2) is 70.4 Å². The van der Waals surface area contributed by atoms with E-state index in [0.717, 1.165) is 5.56 Å². The summed E-state index contributed by atoms with van der Waals surface area (Å²) in [6, 6.07) is 28.3. The number of rotatable bonds is 13. The van der Waals surface area contributed by atoms with E-state index >= 15 is 0 Å². The molecule has 11 nitrogen and oxygen atoms in total. The van der Waals surface area contributed by atoms with Gasteiger partial charge in [-0.15, -0.1) is 0 Å². The van der Waals surface area contributed by atoms with Crippen molar-refractivity contribution < 1.29 is 52.3 Å². The molecule has 0 saturated carbocycles. The summed E-state index contributed by atoms with van der Waals surface area (Å²) in [6.45, 7) is -0.243. The van der Waals surface area contributed by atoms with Gasteiger partial charge in [-0.1, -0.05) is 30.3 Å². The molecule has 5 rings (SSSR count). The molecule has 1 aliphatic rings. The molecule has 244 valence electrons. The quantitative estimate of drug-likeness (QED) is 0.140. The Morgan fingerprint density at radius 3 is 1.49 bits per heavy atom. The van der Waals surface area contributed by atoms with Crippen LogP contribution in [0, 0.1) is 0 Å². The Kier molecular flexibility index (Phi) is 11.1. The molecule has 0 bridgehead atoms. The summed E-state index contributed by atoms with van der Waals surface area (Å²) in [5.41, 5.74) is 1.54. The van der Waals surface area contributed by atoms with E-state index in [4.69, 9.17) is 37.9 Å². The highest BCUT2D eigenvalue weighted by Gasteiger charge is 2.51. The summed E-state index contributed by atoms with van der Waals surface area (Å²) in [7, 11) is 4.55. The van der Waals surface area contributed by atoms with E-state index in [1.165, 1.54) is 33.5 Å². The number of carbonyl (C=O) groups excluding carboxylic acids is 3. The van der Waals surface area contributed by atoms with Gasteiger partial charge in [-0.05, 0) is 78.4 Å². The summed E-state index contributed by atoms with van der Waals surface area (Å²) < 4.78 is 45.2. The van der Waals surface area contributed by atoms with Crippen molar-refractivity contribution in [1.82, 2.24) is 0 Å². The van der Waals surface area contributed by atoms with Crippen molar-refractivity contribution in [3.8, 4) is 17.2 Å². The fraction of sp³-hybridized carbons (Fsp3) is 0.250. The lowest BCUT2D eigenvalue weighted by Crippen LogP contribution is -2.42. The van der Waals surface area contributed by atoms with E-state index in [1.54, 1.807) is 60.7 Å². The van der Waals surface area contributed by atoms with Crippen LogP contribution in [0.2, 0.25) is 0 Å². The van der Waals surface area contributed by atoms with Gasteiger partial charge in [0.15, 0.2) is 18.5 Å². The lowest BCUT2D eigenvalue weighted by Gasteiger charge is -2.24. The van der Waals surface area contributed by atoms with Crippen LogP contribution < -0.4 is 14.2 Å². The molecule has 11 heteroatoms. The third kappa shape index (κ3) is 8.46. The van der Waals surface area contributed by atoms with Crippen LogP contribution in [0.15, 0.2) is 103 Å². The van der Waals surface area contributed by atoms with Gasteiger partial charge in [0, 0.05) is 0 Å². The predicted molar refractivity (Wildman–Crippen MR) is 168 cm³/mol. The van der Waals surface area contributed by atoms with Crippen molar-refractivity contribution in [3.63, 3.8) is 0 Å². The summed E-state index contributed by atoms with van der Waals surface area (Å²) in [6.07, 6.45) is -4.71. The number of hydrogen-bond donors (Lipinski definition) is 0. The van der Waals surface area contributed by atoms with Crippen LogP contribution in [0.3, 0.4) is 0 Å². The molecule has 0 aliphatic carbocycles. The Labute approximate surface area is 271 Å². The summed E-state index contributed by atoms with van der Waals surface area (Å²) in [5.74, 6) is -0.393. The highest BCUT2D eigenvalue weighted by Crippen LogP contribution is 2.31. The second-order valence-corrected chi connectivity index (χ2v) is 10.4. The first-order valence-electron chi connectivity index (χ1n) is 14.7. The average Bonchev–Trinajstić information content (AvgIpc) is 3.44. The number of ether oxygens (including phenoxy) is 8. The van der Waals surface area contributed by atoms with E-state index < -0.39 is 42.5 Å². The number of benzene rings is 4. The van der Waals surface area contributed by atoms with Crippen molar-refractivity contribution in [2.45, 2.75) is 31.2 Å². The topological polar surface area (TPSA) is 125 Å². The molecule has 0 spiro atoms. The van der Waals surface area contributed by atoms with Gasteiger partial charge in [0.2, 0.25) is 0 Å². The lowest BCUT2D eigenvalue weighted by atomic mass is 10.1. The normalized spacial score (nSPS) is 18.5. The molecule has 1 heterocycles. The Balaban J connectivity index is 1.41. The Bertz CT molecular complexity index is 1620. The summed E-state index contributed by atoms with van der Waals surface area (Å²) >= 11 is 0. The van der Waals surface area contributed by atoms with Crippen LogP contribution in [0.5, 0.6) is 17.2 Å². The largest absolute Gasteiger partial charge is 0.497 e. The van der Waals surface area contributed by atoms with Gasteiger partial charge in [0.25, 0.3) is 0 Å². The Hall–Kier alpha value is -5.39. The van der Waals surface area contributed by atoms with Crippen LogP contribution in [0.4, 0.5) is 0 Å². The molecular weight excluding hydrogens is 608 g/mol. The maximum absolute atomic E-state index is 13.4. The van der Waals surface area contributed by atoms with Crippen molar-refractivity contribution in [3.05, 3.63) is 125 Å². The molecule has 0 aromatic heterocycles. The number of esters is 3. The maximum Gasteiger partial charge on any atom is 0.338 e. The number of hydrogen-bond acceptors (Lipinski definition) is 11. The average molecular weight is 643 g/mol.